The van der Waals surface area contributed by atoms with Gasteiger partial charge in [0, 0.05) is 32.7 Å². The smallest absolute Gasteiger partial charge is 0.143 e. The van der Waals surface area contributed by atoms with E-state index in [2.05, 4.69) is 36.4 Å². The molecule has 22 aromatic rings. The van der Waals surface area contributed by atoms with E-state index in [-0.39, 0.29) is 51.1 Å². The summed E-state index contributed by atoms with van der Waals surface area (Å²) in [6.07, 6.45) is 0. The average Bonchev–Trinajstić information content (AvgIpc) is 0.749. The molecule has 0 bridgehead atoms. The van der Waals surface area contributed by atoms with E-state index >= 15 is 0 Å². The van der Waals surface area contributed by atoms with Gasteiger partial charge in [-0.1, -0.05) is 321 Å². The Morgan fingerprint density at radius 3 is 1.30 bits per heavy atom. The summed E-state index contributed by atoms with van der Waals surface area (Å²) in [5.41, 5.74) is -0.581. The van der Waals surface area contributed by atoms with Crippen LogP contribution in [0.2, 0.25) is 0 Å². The molecule has 0 saturated heterocycles. The van der Waals surface area contributed by atoms with Crippen molar-refractivity contribution in [3.8, 4) is 66.8 Å². The van der Waals surface area contributed by atoms with E-state index in [9.17, 15) is 21.9 Å². The Bertz CT molecular complexity index is 9520. The van der Waals surface area contributed by atoms with Crippen LogP contribution >= 0.6 is 0 Å². The Labute approximate surface area is 640 Å². The van der Waals surface area contributed by atoms with Crippen LogP contribution in [0.4, 0.5) is 0 Å². The molecule has 0 spiro atoms. The van der Waals surface area contributed by atoms with Gasteiger partial charge in [-0.3, -0.25) is 0 Å². The Hall–Kier alpha value is -13.4. The fraction of sp³-hybridized carbons (Fsp3) is 0. The van der Waals surface area contributed by atoms with Crippen LogP contribution < -0.4 is 0 Å². The zero-order valence-corrected chi connectivity index (χ0v) is 52.5. The van der Waals surface area contributed by atoms with E-state index in [0.717, 1.165) is 65.4 Å². The van der Waals surface area contributed by atoms with Crippen LogP contribution in [-0.2, 0) is 0 Å². The SMILES string of the molecule is [2H]c1c([2H])c([2H])c2c(-c3cccc4ccccc34)c3c([2H])c([2H])c([2H])c([2H])c3c(-c3ccc4ccc(-c5cccc6c5oc5ccc7ccccc7c56)cc4c3)c2c1[2H].[2H]c1c([2H])c([2H])c2c(oc3c([2H])c([2H])c4c([2H])c([2H])c([2H])c([2H])c4c32)c1-c1c([2H])c([2H])c2c([2H])c(-c3c4c([2H])c([2H])c([2H])c([2H])c4c(-c4c([2H])c([2H])c5c([2H])c([2H])c([2H])c([2H])c5c4[2H])c4c([2H])c([2H])c([2H])c([2H])c34)c([2H])c([2H])c2c1[2H]. The van der Waals surface area contributed by atoms with Crippen molar-refractivity contribution in [2.24, 2.45) is 0 Å². The largest absolute Gasteiger partial charge is 0.455 e. The van der Waals surface area contributed by atoms with Crippen LogP contribution in [-0.4, -0.2) is 0 Å². The minimum absolute atomic E-state index is 0.186. The standard InChI is InChI=1S/2C50H30O/c1-3-14-37-32(11-1)13-9-21-40(37)48-43-18-7-5-16-41(43)47(42-17-6-8-19-44(42)48)35-26-24-31-23-25-34(29-36(31)30-35)39-20-10-22-45-49-38-15-4-2-12-33(38)27-28-46(49)51-50(39)45;1-2-12-33-29-37(24-20-31(33)10-1)47-41-14-5-7-16-43(41)48(44-17-8-6-15-42(44)47)38-25-22-34-28-36(23-21-35(34)30-38)40-18-9-19-45-49-39-13-4-3-11-32(39)26-27-46(49)51-50(40)45/h2*1-30H/i5D,6D,7D,8D,16D,17D,18D,19D;1D,2D,3D,4D,5D,6D,7D,8D,9D,10D,11D,12D,13D,14D,15D,16D,17D,18D,19D,20D,21D,22D,23D,24D,25D,26D,27D,28D,29D,30D. The third-order valence-corrected chi connectivity index (χ3v) is 18.8. The van der Waals surface area contributed by atoms with Crippen molar-refractivity contribution in [3.63, 3.8) is 0 Å². The molecule has 0 aliphatic rings. The lowest BCUT2D eigenvalue weighted by Gasteiger charge is -2.19. The quantitative estimate of drug-likeness (QED) is 0.155. The molecule has 102 heavy (non-hydrogen) atoms. The van der Waals surface area contributed by atoms with E-state index < -0.39 is 309 Å². The fourth-order valence-corrected chi connectivity index (χ4v) is 14.3. The molecule has 0 aliphatic carbocycles. The van der Waals surface area contributed by atoms with Crippen molar-refractivity contribution in [2.75, 3.05) is 0 Å². The van der Waals surface area contributed by atoms with E-state index in [0.29, 0.717) is 22.3 Å². The van der Waals surface area contributed by atoms with Gasteiger partial charge in [-0.15, -0.1) is 0 Å². The molecule has 0 fully saturated rings. The Kier molecular flexibility index (Phi) is 7.17. The molecule has 20 aromatic carbocycles. The van der Waals surface area contributed by atoms with Crippen molar-refractivity contribution in [1.29, 1.82) is 0 Å². The molecule has 0 radical (unpaired) electrons. The van der Waals surface area contributed by atoms with Gasteiger partial charge < -0.3 is 8.83 Å². The Morgan fingerprint density at radius 2 is 0.627 bits per heavy atom. The summed E-state index contributed by atoms with van der Waals surface area (Å²) in [5, 5.41) is 1.02. The van der Waals surface area contributed by atoms with Crippen LogP contribution in [0.1, 0.15) is 52.1 Å². The highest BCUT2D eigenvalue weighted by molar-refractivity contribution is 6.27. The normalized spacial score (nSPS) is 17.1. The van der Waals surface area contributed by atoms with E-state index in [4.69, 9.17) is 39.0 Å². The first-order chi connectivity index (χ1) is 66.4. The van der Waals surface area contributed by atoms with E-state index in [1.54, 1.807) is 0 Å². The number of hydrogen-bond donors (Lipinski definition) is 0. The maximum Gasteiger partial charge on any atom is 0.143 e. The molecule has 2 nitrogen and oxygen atoms in total. The maximum absolute atomic E-state index is 9.86. The number of furan rings is 2. The number of fused-ring (bicyclic) bond motifs is 18. The summed E-state index contributed by atoms with van der Waals surface area (Å²) < 4.78 is 357. The summed E-state index contributed by atoms with van der Waals surface area (Å²) in [4.78, 5) is 0. The second-order valence-electron chi connectivity index (χ2n) is 24.3. The van der Waals surface area contributed by atoms with E-state index in [1.165, 1.54) is 0 Å². The molecule has 0 amide bonds. The molecule has 2 heteroatoms. The summed E-state index contributed by atoms with van der Waals surface area (Å²) in [6, 6.07) is 13.3. The van der Waals surface area contributed by atoms with Crippen molar-refractivity contribution in [2.45, 2.75) is 0 Å². The average molecular weight is 1330 g/mol. The monoisotopic (exact) mass is 1330 g/mol. The molecule has 0 aliphatic heterocycles. The molecule has 2 aromatic heterocycles. The molecule has 0 saturated carbocycles. The fourth-order valence-electron chi connectivity index (χ4n) is 14.3. The molecular formula is C100H60O2. The zero-order chi connectivity index (χ0) is 100. The second kappa shape index (κ2) is 23.1. The van der Waals surface area contributed by atoms with Crippen LogP contribution in [0.25, 0.3) is 218 Å². The molecule has 0 unspecified atom stereocenters. The number of para-hydroxylation sites is 2. The Morgan fingerprint density at radius 1 is 0.196 bits per heavy atom. The number of rotatable bonds is 6. The summed E-state index contributed by atoms with van der Waals surface area (Å²) in [6.45, 7) is 0. The van der Waals surface area contributed by atoms with Gasteiger partial charge in [-0.05, 0) is 206 Å². The lowest BCUT2D eigenvalue weighted by Crippen LogP contribution is -1.91. The highest BCUT2D eigenvalue weighted by atomic mass is 16.3. The zero-order valence-electron chi connectivity index (χ0n) is 90.5. The second-order valence-corrected chi connectivity index (χ2v) is 24.3. The molecule has 472 valence electrons. The summed E-state index contributed by atoms with van der Waals surface area (Å²) >= 11 is 0. The third-order valence-electron chi connectivity index (χ3n) is 18.8. The van der Waals surface area contributed by atoms with Gasteiger partial charge in [-0.2, -0.15) is 0 Å². The Balaban J connectivity index is 0.000000174. The lowest BCUT2D eigenvalue weighted by molar-refractivity contribution is 0.670. The summed E-state index contributed by atoms with van der Waals surface area (Å²) in [7, 11) is 0. The first-order valence-electron chi connectivity index (χ1n) is 51.1. The minimum atomic E-state index is -1.10. The van der Waals surface area contributed by atoms with Crippen molar-refractivity contribution < 1.29 is 60.9 Å². The van der Waals surface area contributed by atoms with Crippen LogP contribution in [0.15, 0.2) is 372 Å². The molecule has 0 N–H and O–H groups in total. The first-order valence-corrected chi connectivity index (χ1v) is 32.1. The molecule has 2 heterocycles. The van der Waals surface area contributed by atoms with Gasteiger partial charge in [-0.25, -0.2) is 0 Å². The van der Waals surface area contributed by atoms with Crippen LogP contribution in [0.5, 0.6) is 0 Å². The van der Waals surface area contributed by atoms with Gasteiger partial charge in [0.2, 0.25) is 0 Å². The van der Waals surface area contributed by atoms with Crippen LogP contribution in [0, 0.1) is 0 Å². The van der Waals surface area contributed by atoms with Crippen molar-refractivity contribution in [3.05, 3.63) is 363 Å². The predicted octanol–water partition coefficient (Wildman–Crippen LogP) is 28.7. The first kappa shape index (κ1) is 31.6. The minimum Gasteiger partial charge on any atom is -0.455 e. The molecule has 22 rings (SSSR count). The molecule has 0 atom stereocenters. The van der Waals surface area contributed by atoms with Crippen molar-refractivity contribution >= 4 is 152 Å². The number of benzene rings is 20. The number of hydrogen-bond acceptors (Lipinski definition) is 2. The van der Waals surface area contributed by atoms with Gasteiger partial charge in [0.1, 0.15) is 22.3 Å². The topological polar surface area (TPSA) is 26.3 Å². The van der Waals surface area contributed by atoms with Gasteiger partial charge >= 0.3 is 0 Å². The molecular weight excluding hydrogens is 1230 g/mol. The van der Waals surface area contributed by atoms with Gasteiger partial charge in [0.15, 0.2) is 0 Å². The lowest BCUT2D eigenvalue weighted by atomic mass is 9.84. The van der Waals surface area contributed by atoms with Crippen LogP contribution in [0.3, 0.4) is 0 Å². The summed E-state index contributed by atoms with van der Waals surface area (Å²) in [5.74, 6) is 0. The highest BCUT2D eigenvalue weighted by Gasteiger charge is 2.22. The highest BCUT2D eigenvalue weighted by Crippen LogP contribution is 2.49. The predicted molar refractivity (Wildman–Crippen MR) is 435 cm³/mol. The maximum atomic E-state index is 9.86. The third kappa shape index (κ3) is 9.13. The van der Waals surface area contributed by atoms with Crippen molar-refractivity contribution in [1.82, 2.24) is 0 Å². The van der Waals surface area contributed by atoms with Gasteiger partial charge in [0.25, 0.3) is 0 Å². The van der Waals surface area contributed by atoms with Gasteiger partial charge in [0.05, 0.1) is 52.1 Å². The van der Waals surface area contributed by atoms with E-state index in [1.807, 2.05) is 97.1 Å².